The number of carbonyl (C=O) groups is 1. The molecular formula is C17H23ClN4O. The minimum absolute atomic E-state index is 0. The third-order valence-electron chi connectivity index (χ3n) is 4.44. The number of aromatic nitrogens is 2. The summed E-state index contributed by atoms with van der Waals surface area (Å²) in [5.41, 5.74) is 8.37. The predicted molar refractivity (Wildman–Crippen MR) is 93.3 cm³/mol. The Balaban J connectivity index is 0.00000192. The van der Waals surface area contributed by atoms with E-state index in [4.69, 9.17) is 5.73 Å². The van der Waals surface area contributed by atoms with Gasteiger partial charge < -0.3 is 11.1 Å². The number of hydrogen-bond donors (Lipinski definition) is 2. The van der Waals surface area contributed by atoms with Crippen LogP contribution < -0.4 is 11.1 Å². The molecule has 1 aromatic heterocycles. The van der Waals surface area contributed by atoms with Crippen molar-refractivity contribution < 1.29 is 4.79 Å². The predicted octanol–water partition coefficient (Wildman–Crippen LogP) is 2.60. The zero-order chi connectivity index (χ0) is 15.6. The lowest BCUT2D eigenvalue weighted by Crippen LogP contribution is -2.51. The van der Waals surface area contributed by atoms with Crippen LogP contribution in [0.25, 0.3) is 5.69 Å². The zero-order valence-corrected chi connectivity index (χ0v) is 14.1. The molecule has 1 fully saturated rings. The first-order valence-electron chi connectivity index (χ1n) is 7.76. The molecule has 3 N–H and O–H groups in total. The molecule has 1 amide bonds. The van der Waals surface area contributed by atoms with Crippen LogP contribution in [-0.2, 0) is 0 Å². The lowest BCUT2D eigenvalue weighted by atomic mass is 9.97. The van der Waals surface area contributed by atoms with Crippen molar-refractivity contribution in [2.45, 2.75) is 38.1 Å². The highest BCUT2D eigenvalue weighted by Crippen LogP contribution is 2.29. The van der Waals surface area contributed by atoms with Gasteiger partial charge in [-0.25, -0.2) is 4.68 Å². The molecule has 0 aliphatic heterocycles. The molecule has 6 heteroatoms. The highest BCUT2D eigenvalue weighted by molar-refractivity contribution is 5.94. The fourth-order valence-electron chi connectivity index (χ4n) is 3.06. The van der Waals surface area contributed by atoms with E-state index in [-0.39, 0.29) is 23.9 Å². The number of benzene rings is 1. The van der Waals surface area contributed by atoms with Gasteiger partial charge in [-0.3, -0.25) is 4.79 Å². The second kappa shape index (κ2) is 7.15. The average molecular weight is 335 g/mol. The van der Waals surface area contributed by atoms with Crippen LogP contribution in [-0.4, -0.2) is 27.8 Å². The molecule has 3 rings (SSSR count). The Labute approximate surface area is 142 Å². The van der Waals surface area contributed by atoms with Crippen LogP contribution in [0.5, 0.6) is 0 Å². The number of amides is 1. The maximum absolute atomic E-state index is 12.4. The SMILES string of the molecule is Cc1cnn(-c2ccc(C(=O)NC3(CN)CCCC3)cc2)c1.Cl. The van der Waals surface area contributed by atoms with Crippen molar-refractivity contribution in [3.63, 3.8) is 0 Å². The van der Waals surface area contributed by atoms with Crippen molar-refractivity contribution in [2.24, 2.45) is 5.73 Å². The molecule has 0 atom stereocenters. The molecule has 23 heavy (non-hydrogen) atoms. The van der Waals surface area contributed by atoms with Gasteiger partial charge in [0.1, 0.15) is 0 Å². The first-order chi connectivity index (χ1) is 10.6. The summed E-state index contributed by atoms with van der Waals surface area (Å²) in [6.45, 7) is 2.50. The van der Waals surface area contributed by atoms with Gasteiger partial charge in [0.05, 0.1) is 17.4 Å². The Kier molecular flexibility index (Phi) is 5.44. The minimum atomic E-state index is -0.213. The van der Waals surface area contributed by atoms with Crippen molar-refractivity contribution in [1.29, 1.82) is 0 Å². The van der Waals surface area contributed by atoms with Gasteiger partial charge in [0, 0.05) is 18.3 Å². The molecule has 0 unspecified atom stereocenters. The summed E-state index contributed by atoms with van der Waals surface area (Å²) >= 11 is 0. The number of carbonyl (C=O) groups excluding carboxylic acids is 1. The number of nitrogens with one attached hydrogen (secondary N) is 1. The van der Waals surface area contributed by atoms with E-state index in [1.807, 2.05) is 43.6 Å². The zero-order valence-electron chi connectivity index (χ0n) is 13.3. The Hall–Kier alpha value is -1.85. The molecule has 5 nitrogen and oxygen atoms in total. The van der Waals surface area contributed by atoms with Gasteiger partial charge in [-0.05, 0) is 49.6 Å². The molecule has 2 aromatic rings. The van der Waals surface area contributed by atoms with E-state index in [0.717, 1.165) is 36.9 Å². The van der Waals surface area contributed by atoms with Gasteiger partial charge in [0.25, 0.3) is 5.91 Å². The van der Waals surface area contributed by atoms with Gasteiger partial charge in [-0.1, -0.05) is 12.8 Å². The standard InChI is InChI=1S/C17H22N4O.ClH/c1-13-10-19-21(11-13)15-6-4-14(5-7-15)16(22)20-17(12-18)8-2-3-9-17;/h4-7,10-11H,2-3,8-9,12,18H2,1H3,(H,20,22);1H. The Bertz CT molecular complexity index is 659. The van der Waals surface area contributed by atoms with E-state index in [9.17, 15) is 4.79 Å². The topological polar surface area (TPSA) is 72.9 Å². The largest absolute Gasteiger partial charge is 0.345 e. The fraction of sp³-hybridized carbons (Fsp3) is 0.412. The van der Waals surface area contributed by atoms with Crippen molar-refractivity contribution in [1.82, 2.24) is 15.1 Å². The van der Waals surface area contributed by atoms with Crippen molar-refractivity contribution in [2.75, 3.05) is 6.54 Å². The van der Waals surface area contributed by atoms with E-state index in [1.54, 1.807) is 4.68 Å². The van der Waals surface area contributed by atoms with Crippen molar-refractivity contribution in [3.05, 3.63) is 47.8 Å². The van der Waals surface area contributed by atoms with Gasteiger partial charge in [0.15, 0.2) is 0 Å². The molecule has 1 aromatic carbocycles. The normalized spacial score (nSPS) is 15.9. The van der Waals surface area contributed by atoms with Gasteiger partial charge in [-0.2, -0.15) is 5.10 Å². The second-order valence-corrected chi connectivity index (χ2v) is 6.15. The van der Waals surface area contributed by atoms with Crippen LogP contribution >= 0.6 is 12.4 Å². The van der Waals surface area contributed by atoms with Gasteiger partial charge in [0.2, 0.25) is 0 Å². The summed E-state index contributed by atoms with van der Waals surface area (Å²) in [5, 5.41) is 7.40. The van der Waals surface area contributed by atoms with E-state index in [2.05, 4.69) is 10.4 Å². The number of nitrogens with zero attached hydrogens (tertiary/aromatic N) is 2. The molecule has 0 spiro atoms. The molecule has 1 heterocycles. The Morgan fingerprint density at radius 3 is 2.48 bits per heavy atom. The lowest BCUT2D eigenvalue weighted by Gasteiger charge is -2.28. The number of halogens is 1. The Morgan fingerprint density at radius 1 is 1.30 bits per heavy atom. The van der Waals surface area contributed by atoms with Crippen molar-refractivity contribution in [3.8, 4) is 5.69 Å². The van der Waals surface area contributed by atoms with E-state index >= 15 is 0 Å². The summed E-state index contributed by atoms with van der Waals surface area (Å²) in [4.78, 5) is 12.4. The Morgan fingerprint density at radius 2 is 1.96 bits per heavy atom. The van der Waals surface area contributed by atoms with Crippen LogP contribution in [0.1, 0.15) is 41.6 Å². The van der Waals surface area contributed by atoms with Gasteiger partial charge in [-0.15, -0.1) is 12.4 Å². The molecule has 0 radical (unpaired) electrons. The maximum Gasteiger partial charge on any atom is 0.251 e. The summed E-state index contributed by atoms with van der Waals surface area (Å²) in [7, 11) is 0. The van der Waals surface area contributed by atoms with Crippen molar-refractivity contribution >= 4 is 18.3 Å². The van der Waals surface area contributed by atoms with Gasteiger partial charge >= 0.3 is 0 Å². The molecule has 1 aliphatic rings. The van der Waals surface area contributed by atoms with Crippen LogP contribution in [0.2, 0.25) is 0 Å². The smallest absolute Gasteiger partial charge is 0.251 e. The molecule has 0 saturated heterocycles. The summed E-state index contributed by atoms with van der Waals surface area (Å²) in [5.74, 6) is -0.0458. The monoisotopic (exact) mass is 334 g/mol. The third kappa shape index (κ3) is 3.74. The van der Waals surface area contributed by atoms with Crippen LogP contribution in [0.15, 0.2) is 36.7 Å². The van der Waals surface area contributed by atoms with Crippen LogP contribution in [0, 0.1) is 6.92 Å². The molecule has 1 aliphatic carbocycles. The third-order valence-corrected chi connectivity index (χ3v) is 4.44. The lowest BCUT2D eigenvalue weighted by molar-refractivity contribution is 0.0903. The number of nitrogens with two attached hydrogens (primary N) is 1. The minimum Gasteiger partial charge on any atom is -0.345 e. The maximum atomic E-state index is 12.4. The van der Waals surface area contributed by atoms with E-state index in [1.165, 1.54) is 0 Å². The number of aryl methyl sites for hydroxylation is 1. The molecular weight excluding hydrogens is 312 g/mol. The molecule has 0 bridgehead atoms. The fourth-order valence-corrected chi connectivity index (χ4v) is 3.06. The molecule has 124 valence electrons. The molecule has 1 saturated carbocycles. The first kappa shape index (κ1) is 17.5. The summed E-state index contributed by atoms with van der Waals surface area (Å²) < 4.78 is 1.80. The van der Waals surface area contributed by atoms with E-state index in [0.29, 0.717) is 12.1 Å². The number of rotatable bonds is 4. The summed E-state index contributed by atoms with van der Waals surface area (Å²) in [6.07, 6.45) is 7.98. The van der Waals surface area contributed by atoms with Crippen LogP contribution in [0.4, 0.5) is 0 Å². The second-order valence-electron chi connectivity index (χ2n) is 6.15. The quantitative estimate of drug-likeness (QED) is 0.902. The summed E-state index contributed by atoms with van der Waals surface area (Å²) in [6, 6.07) is 7.48. The highest BCUT2D eigenvalue weighted by Gasteiger charge is 2.33. The number of hydrogen-bond acceptors (Lipinski definition) is 3. The first-order valence-corrected chi connectivity index (χ1v) is 7.76. The highest BCUT2D eigenvalue weighted by atomic mass is 35.5. The van der Waals surface area contributed by atoms with Crippen LogP contribution in [0.3, 0.4) is 0 Å². The average Bonchev–Trinajstić information content (AvgIpc) is 3.17. The van der Waals surface area contributed by atoms with E-state index < -0.39 is 0 Å².